The minimum absolute atomic E-state index is 0.126. The van der Waals surface area contributed by atoms with Gasteiger partial charge in [0.15, 0.2) is 0 Å². The van der Waals surface area contributed by atoms with E-state index in [1.807, 2.05) is 18.2 Å². The highest BCUT2D eigenvalue weighted by Crippen LogP contribution is 2.33. The molecule has 108 valence electrons. The smallest absolute Gasteiger partial charge is 0.262 e. The highest BCUT2D eigenvalue weighted by Gasteiger charge is 2.27. The van der Waals surface area contributed by atoms with Gasteiger partial charge in [0.1, 0.15) is 5.75 Å². The van der Waals surface area contributed by atoms with Crippen LogP contribution in [0.2, 0.25) is 5.02 Å². The molecule has 2 aromatic rings. The Hall–Kier alpha value is -2.20. The molecule has 0 spiro atoms. The van der Waals surface area contributed by atoms with Gasteiger partial charge in [-0.2, -0.15) is 0 Å². The summed E-state index contributed by atoms with van der Waals surface area (Å²) in [5.74, 6) is 0.389. The van der Waals surface area contributed by atoms with Crippen LogP contribution in [0.4, 0.5) is 11.4 Å². The molecule has 0 saturated heterocycles. The molecule has 0 aromatic heterocycles. The first-order chi connectivity index (χ1) is 10.1. The van der Waals surface area contributed by atoms with Crippen LogP contribution >= 0.6 is 11.6 Å². The molecule has 0 unspecified atom stereocenters. The first-order valence-electron chi connectivity index (χ1n) is 6.64. The average molecular weight is 303 g/mol. The number of methoxy groups -OCH3 is 1. The predicted octanol–water partition coefficient (Wildman–Crippen LogP) is 3.13. The zero-order valence-corrected chi connectivity index (χ0v) is 12.4. The van der Waals surface area contributed by atoms with Crippen molar-refractivity contribution in [1.29, 1.82) is 0 Å². The molecule has 2 aromatic carbocycles. The van der Waals surface area contributed by atoms with E-state index in [1.165, 1.54) is 7.11 Å². The molecule has 1 amide bonds. The topological polar surface area (TPSA) is 55.6 Å². The maximum absolute atomic E-state index is 12.8. The van der Waals surface area contributed by atoms with Crippen LogP contribution in [0.5, 0.6) is 5.75 Å². The number of nitrogens with zero attached hydrogens (tertiary/aromatic N) is 1. The second kappa shape index (κ2) is 5.30. The summed E-state index contributed by atoms with van der Waals surface area (Å²) in [5, 5.41) is 0.506. The molecule has 0 aliphatic carbocycles. The quantitative estimate of drug-likeness (QED) is 0.867. The van der Waals surface area contributed by atoms with Gasteiger partial charge in [-0.25, -0.2) is 0 Å². The van der Waals surface area contributed by atoms with E-state index < -0.39 is 0 Å². The zero-order valence-electron chi connectivity index (χ0n) is 11.6. The van der Waals surface area contributed by atoms with Crippen LogP contribution in [-0.2, 0) is 6.42 Å². The number of nitrogen functional groups attached to an aromatic ring is 1. The summed E-state index contributed by atoms with van der Waals surface area (Å²) in [5.41, 5.74) is 8.92. The van der Waals surface area contributed by atoms with Crippen LogP contribution in [0.25, 0.3) is 0 Å². The van der Waals surface area contributed by atoms with Crippen molar-refractivity contribution in [3.05, 3.63) is 52.5 Å². The fourth-order valence-electron chi connectivity index (χ4n) is 2.60. The Morgan fingerprint density at radius 1 is 1.29 bits per heavy atom. The summed E-state index contributed by atoms with van der Waals surface area (Å²) in [6.07, 6.45) is 0.824. The van der Waals surface area contributed by atoms with Crippen molar-refractivity contribution in [2.75, 3.05) is 24.3 Å². The van der Waals surface area contributed by atoms with Crippen LogP contribution in [0, 0.1) is 0 Å². The number of hydrogen-bond donors (Lipinski definition) is 1. The van der Waals surface area contributed by atoms with E-state index >= 15 is 0 Å². The fourth-order valence-corrected chi connectivity index (χ4v) is 2.77. The molecule has 0 saturated carbocycles. The third kappa shape index (κ3) is 2.43. The van der Waals surface area contributed by atoms with Crippen LogP contribution in [0.1, 0.15) is 15.9 Å². The summed E-state index contributed by atoms with van der Waals surface area (Å²) in [6.45, 7) is 0.632. The number of halogens is 1. The van der Waals surface area contributed by atoms with Gasteiger partial charge in [-0.15, -0.1) is 0 Å². The number of ether oxygens (including phenoxy) is 1. The van der Waals surface area contributed by atoms with Crippen molar-refractivity contribution >= 4 is 28.9 Å². The largest absolute Gasteiger partial charge is 0.496 e. The Morgan fingerprint density at radius 2 is 2.10 bits per heavy atom. The van der Waals surface area contributed by atoms with Crippen molar-refractivity contribution in [2.45, 2.75) is 6.42 Å². The lowest BCUT2D eigenvalue weighted by Gasteiger charge is -2.19. The predicted molar refractivity (Wildman–Crippen MR) is 84.2 cm³/mol. The molecule has 0 fully saturated rings. The molecule has 0 bridgehead atoms. The van der Waals surface area contributed by atoms with Crippen LogP contribution in [0.3, 0.4) is 0 Å². The highest BCUT2D eigenvalue weighted by molar-refractivity contribution is 6.31. The molecule has 4 nitrogen and oxygen atoms in total. The summed E-state index contributed by atoms with van der Waals surface area (Å²) < 4.78 is 5.26. The molecule has 1 heterocycles. The Kier molecular flexibility index (Phi) is 3.47. The highest BCUT2D eigenvalue weighted by atomic mass is 35.5. The van der Waals surface area contributed by atoms with Crippen molar-refractivity contribution < 1.29 is 9.53 Å². The van der Waals surface area contributed by atoms with Gasteiger partial charge < -0.3 is 15.4 Å². The lowest BCUT2D eigenvalue weighted by molar-refractivity contribution is 0.0986. The van der Waals surface area contributed by atoms with Gasteiger partial charge in [-0.05, 0) is 42.3 Å². The van der Waals surface area contributed by atoms with Gasteiger partial charge in [0.25, 0.3) is 5.91 Å². The van der Waals surface area contributed by atoms with Crippen LogP contribution in [0.15, 0.2) is 36.4 Å². The number of hydrogen-bond acceptors (Lipinski definition) is 3. The molecule has 0 radical (unpaired) electrons. The van der Waals surface area contributed by atoms with E-state index in [-0.39, 0.29) is 5.91 Å². The monoisotopic (exact) mass is 302 g/mol. The van der Waals surface area contributed by atoms with Gasteiger partial charge in [0.05, 0.1) is 12.7 Å². The molecule has 1 aliphatic rings. The second-order valence-corrected chi connectivity index (χ2v) is 5.38. The van der Waals surface area contributed by atoms with Crippen molar-refractivity contribution in [2.24, 2.45) is 0 Å². The van der Waals surface area contributed by atoms with Crippen molar-refractivity contribution in [1.82, 2.24) is 0 Å². The number of benzene rings is 2. The Morgan fingerprint density at radius 3 is 2.86 bits per heavy atom. The maximum atomic E-state index is 12.8. The molecular formula is C16H15ClN2O2. The molecule has 1 aliphatic heterocycles. The summed E-state index contributed by atoms with van der Waals surface area (Å²) in [6, 6.07) is 10.7. The Bertz CT molecular complexity index is 715. The molecule has 21 heavy (non-hydrogen) atoms. The minimum Gasteiger partial charge on any atom is -0.496 e. The second-order valence-electron chi connectivity index (χ2n) is 4.94. The number of anilines is 2. The van der Waals surface area contributed by atoms with E-state index in [2.05, 4.69) is 0 Å². The number of nitrogens with two attached hydrogens (primary N) is 1. The van der Waals surface area contributed by atoms with Crippen LogP contribution < -0.4 is 15.4 Å². The van der Waals surface area contributed by atoms with E-state index in [0.717, 1.165) is 17.7 Å². The van der Waals surface area contributed by atoms with E-state index in [0.29, 0.717) is 28.6 Å². The first-order valence-corrected chi connectivity index (χ1v) is 7.02. The third-order valence-electron chi connectivity index (χ3n) is 3.64. The summed E-state index contributed by atoms with van der Waals surface area (Å²) in [4.78, 5) is 14.5. The third-order valence-corrected chi connectivity index (χ3v) is 3.88. The fraction of sp³-hybridized carbons (Fsp3) is 0.188. The molecule has 5 heteroatoms. The number of amides is 1. The Balaban J connectivity index is 2.02. The number of rotatable bonds is 2. The lowest BCUT2D eigenvalue weighted by atomic mass is 10.1. The summed E-state index contributed by atoms with van der Waals surface area (Å²) >= 11 is 6.00. The van der Waals surface area contributed by atoms with Gasteiger partial charge in [0.2, 0.25) is 0 Å². The Labute approximate surface area is 128 Å². The lowest BCUT2D eigenvalue weighted by Crippen LogP contribution is -2.29. The van der Waals surface area contributed by atoms with Gasteiger partial charge in [-0.3, -0.25) is 4.79 Å². The van der Waals surface area contributed by atoms with Crippen molar-refractivity contribution in [3.8, 4) is 5.75 Å². The number of carbonyl (C=O) groups excluding carboxylic acids is 1. The SMILES string of the molecule is COc1ccc(Cl)cc1C(=O)N1CCc2ccc(N)cc21. The maximum Gasteiger partial charge on any atom is 0.262 e. The standard InChI is InChI=1S/C16H15ClN2O2/c1-21-15-5-3-11(17)8-13(15)16(20)19-7-6-10-2-4-12(18)9-14(10)19/h2-5,8-9H,6-7,18H2,1H3. The molecule has 3 rings (SSSR count). The number of fused-ring (bicyclic) bond motifs is 1. The molecule has 0 atom stereocenters. The van der Waals surface area contributed by atoms with E-state index in [9.17, 15) is 4.79 Å². The van der Waals surface area contributed by atoms with E-state index in [4.69, 9.17) is 22.1 Å². The average Bonchev–Trinajstić information content (AvgIpc) is 2.89. The van der Waals surface area contributed by atoms with Gasteiger partial charge >= 0.3 is 0 Å². The first kappa shape index (κ1) is 13.8. The molecule has 2 N–H and O–H groups in total. The summed E-state index contributed by atoms with van der Waals surface area (Å²) in [7, 11) is 1.54. The number of carbonyl (C=O) groups is 1. The normalized spacial score (nSPS) is 13.1. The van der Waals surface area contributed by atoms with Crippen molar-refractivity contribution in [3.63, 3.8) is 0 Å². The molecular weight excluding hydrogens is 288 g/mol. The van der Waals surface area contributed by atoms with E-state index in [1.54, 1.807) is 23.1 Å². The zero-order chi connectivity index (χ0) is 15.0. The van der Waals surface area contributed by atoms with Gasteiger partial charge in [-0.1, -0.05) is 17.7 Å². The van der Waals surface area contributed by atoms with Crippen LogP contribution in [-0.4, -0.2) is 19.6 Å². The van der Waals surface area contributed by atoms with Gasteiger partial charge in [0, 0.05) is 22.9 Å². The minimum atomic E-state index is -0.126.